The van der Waals surface area contributed by atoms with Crippen LogP contribution in [-0.2, 0) is 11.0 Å². The molecule has 0 aliphatic rings. The molecule has 0 aliphatic carbocycles. The SMILES string of the molecule is COc1cc(C=CCC=O)cc(C(F)(F)F)c1. The Morgan fingerprint density at radius 2 is 2.00 bits per heavy atom. The second-order valence-electron chi connectivity index (χ2n) is 3.30. The molecule has 0 radical (unpaired) electrons. The highest BCUT2D eigenvalue weighted by atomic mass is 19.4. The van der Waals surface area contributed by atoms with E-state index in [-0.39, 0.29) is 12.2 Å². The first-order chi connectivity index (χ1) is 7.97. The van der Waals surface area contributed by atoms with Crippen molar-refractivity contribution in [2.24, 2.45) is 0 Å². The maximum atomic E-state index is 12.5. The van der Waals surface area contributed by atoms with E-state index in [2.05, 4.69) is 0 Å². The van der Waals surface area contributed by atoms with Crippen LogP contribution in [0.25, 0.3) is 6.08 Å². The summed E-state index contributed by atoms with van der Waals surface area (Å²) in [6.07, 6.45) is -0.643. The molecule has 0 atom stereocenters. The molecule has 0 fully saturated rings. The number of methoxy groups -OCH3 is 1. The maximum absolute atomic E-state index is 12.5. The quantitative estimate of drug-likeness (QED) is 0.759. The highest BCUT2D eigenvalue weighted by molar-refractivity contribution is 5.59. The van der Waals surface area contributed by atoms with Crippen LogP contribution in [0.4, 0.5) is 13.2 Å². The van der Waals surface area contributed by atoms with E-state index in [4.69, 9.17) is 4.74 Å². The van der Waals surface area contributed by atoms with Crippen LogP contribution in [0, 0.1) is 0 Å². The molecule has 1 aromatic rings. The van der Waals surface area contributed by atoms with E-state index < -0.39 is 11.7 Å². The van der Waals surface area contributed by atoms with E-state index in [1.165, 1.54) is 25.3 Å². The molecular formula is C12H11F3O2. The summed E-state index contributed by atoms with van der Waals surface area (Å²) in [6.45, 7) is 0. The summed E-state index contributed by atoms with van der Waals surface area (Å²) < 4.78 is 42.4. The summed E-state index contributed by atoms with van der Waals surface area (Å²) in [5.41, 5.74) is -0.430. The van der Waals surface area contributed by atoms with Crippen molar-refractivity contribution >= 4 is 12.4 Å². The maximum Gasteiger partial charge on any atom is 0.416 e. The molecule has 0 amide bonds. The van der Waals surface area contributed by atoms with E-state index in [1.54, 1.807) is 0 Å². The molecule has 0 heterocycles. The number of alkyl halides is 3. The molecule has 0 aliphatic heterocycles. The van der Waals surface area contributed by atoms with Gasteiger partial charge in [-0.3, -0.25) is 0 Å². The normalized spacial score (nSPS) is 11.8. The fourth-order valence-electron chi connectivity index (χ4n) is 1.26. The third kappa shape index (κ3) is 3.94. The minimum absolute atomic E-state index is 0.130. The molecule has 0 N–H and O–H groups in total. The topological polar surface area (TPSA) is 26.3 Å². The molecule has 0 saturated heterocycles. The molecule has 92 valence electrons. The number of halogens is 3. The monoisotopic (exact) mass is 244 g/mol. The molecule has 0 aromatic heterocycles. The molecule has 1 rings (SSSR count). The van der Waals surface area contributed by atoms with Crippen molar-refractivity contribution in [3.8, 4) is 5.75 Å². The minimum atomic E-state index is -4.41. The Hall–Kier alpha value is -1.78. The second kappa shape index (κ2) is 5.52. The van der Waals surface area contributed by atoms with Gasteiger partial charge in [0.25, 0.3) is 0 Å². The molecule has 0 bridgehead atoms. The van der Waals surface area contributed by atoms with E-state index in [9.17, 15) is 18.0 Å². The lowest BCUT2D eigenvalue weighted by Crippen LogP contribution is -2.05. The third-order valence-electron chi connectivity index (χ3n) is 2.03. The van der Waals surface area contributed by atoms with Gasteiger partial charge in [-0.1, -0.05) is 12.2 Å². The summed E-state index contributed by atoms with van der Waals surface area (Å²) in [6, 6.07) is 3.40. The van der Waals surface area contributed by atoms with Gasteiger partial charge in [0.05, 0.1) is 12.7 Å². The van der Waals surface area contributed by atoms with Gasteiger partial charge in [-0.2, -0.15) is 13.2 Å². The Kier molecular flexibility index (Phi) is 4.31. The number of hydrogen-bond acceptors (Lipinski definition) is 2. The van der Waals surface area contributed by atoms with E-state index in [1.807, 2.05) is 0 Å². The number of carbonyl (C=O) groups excluding carboxylic acids is 1. The zero-order valence-electron chi connectivity index (χ0n) is 9.12. The van der Waals surface area contributed by atoms with Crippen molar-refractivity contribution in [2.45, 2.75) is 12.6 Å². The number of ether oxygens (including phenoxy) is 1. The molecule has 0 saturated carbocycles. The van der Waals surface area contributed by atoms with Crippen LogP contribution in [0.3, 0.4) is 0 Å². The second-order valence-corrected chi connectivity index (χ2v) is 3.30. The Balaban J connectivity index is 3.09. The van der Waals surface area contributed by atoms with Crippen molar-refractivity contribution < 1.29 is 22.7 Å². The summed E-state index contributed by atoms with van der Waals surface area (Å²) in [7, 11) is 1.30. The lowest BCUT2D eigenvalue weighted by molar-refractivity contribution is -0.137. The standard InChI is InChI=1S/C12H11F3O2/c1-17-11-7-9(4-2-3-5-16)6-10(8-11)12(13,14)15/h2,4-8H,3H2,1H3. The fraction of sp³-hybridized carbons (Fsp3) is 0.250. The van der Waals surface area contributed by atoms with Crippen molar-refractivity contribution in [1.29, 1.82) is 0 Å². The Morgan fingerprint density at radius 3 is 2.53 bits per heavy atom. The molecule has 17 heavy (non-hydrogen) atoms. The summed E-state index contributed by atoms with van der Waals surface area (Å²) in [4.78, 5) is 10.1. The van der Waals surface area contributed by atoms with Crippen LogP contribution < -0.4 is 4.74 Å². The van der Waals surface area contributed by atoms with Crippen molar-refractivity contribution in [3.63, 3.8) is 0 Å². The van der Waals surface area contributed by atoms with Crippen LogP contribution >= 0.6 is 0 Å². The largest absolute Gasteiger partial charge is 0.497 e. The fourth-order valence-corrected chi connectivity index (χ4v) is 1.26. The summed E-state index contributed by atoms with van der Waals surface area (Å²) >= 11 is 0. The van der Waals surface area contributed by atoms with Crippen molar-refractivity contribution in [2.75, 3.05) is 7.11 Å². The Bertz CT molecular complexity index is 422. The molecule has 5 heteroatoms. The number of benzene rings is 1. The lowest BCUT2D eigenvalue weighted by atomic mass is 10.1. The molecule has 1 aromatic carbocycles. The number of hydrogen-bond donors (Lipinski definition) is 0. The highest BCUT2D eigenvalue weighted by Gasteiger charge is 2.31. The number of rotatable bonds is 4. The van der Waals surface area contributed by atoms with Gasteiger partial charge < -0.3 is 9.53 Å². The van der Waals surface area contributed by atoms with Crippen molar-refractivity contribution in [1.82, 2.24) is 0 Å². The van der Waals surface area contributed by atoms with E-state index in [0.29, 0.717) is 11.8 Å². The van der Waals surface area contributed by atoms with Crippen LogP contribution in [0.2, 0.25) is 0 Å². The predicted molar refractivity (Wildman–Crippen MR) is 57.7 cm³/mol. The predicted octanol–water partition coefficient (Wildman–Crippen LogP) is 3.32. The van der Waals surface area contributed by atoms with Crippen LogP contribution in [0.1, 0.15) is 17.5 Å². The van der Waals surface area contributed by atoms with Gasteiger partial charge in [0, 0.05) is 6.42 Å². The first kappa shape index (κ1) is 13.3. The number of aldehydes is 1. The Labute approximate surface area is 96.7 Å². The van der Waals surface area contributed by atoms with Gasteiger partial charge in [-0.25, -0.2) is 0 Å². The van der Waals surface area contributed by atoms with Gasteiger partial charge >= 0.3 is 6.18 Å². The summed E-state index contributed by atoms with van der Waals surface area (Å²) in [5.74, 6) is 0.130. The smallest absolute Gasteiger partial charge is 0.416 e. The number of carbonyl (C=O) groups is 1. The highest BCUT2D eigenvalue weighted by Crippen LogP contribution is 2.32. The zero-order valence-corrected chi connectivity index (χ0v) is 9.12. The molecule has 0 spiro atoms. The van der Waals surface area contributed by atoms with Crippen molar-refractivity contribution in [3.05, 3.63) is 35.4 Å². The third-order valence-corrected chi connectivity index (χ3v) is 2.03. The molecular weight excluding hydrogens is 233 g/mol. The molecule has 2 nitrogen and oxygen atoms in total. The van der Waals surface area contributed by atoms with Crippen LogP contribution in [0.15, 0.2) is 24.3 Å². The zero-order chi connectivity index (χ0) is 12.9. The first-order valence-electron chi connectivity index (χ1n) is 4.84. The van der Waals surface area contributed by atoms with Gasteiger partial charge in [-0.15, -0.1) is 0 Å². The van der Waals surface area contributed by atoms with E-state index >= 15 is 0 Å². The number of allylic oxidation sites excluding steroid dienone is 1. The van der Waals surface area contributed by atoms with Gasteiger partial charge in [0.2, 0.25) is 0 Å². The summed E-state index contributed by atoms with van der Waals surface area (Å²) in [5, 5.41) is 0. The average Bonchev–Trinajstić information content (AvgIpc) is 2.28. The van der Waals surface area contributed by atoms with E-state index in [0.717, 1.165) is 12.1 Å². The van der Waals surface area contributed by atoms with Crippen LogP contribution in [0.5, 0.6) is 5.75 Å². The lowest BCUT2D eigenvalue weighted by Gasteiger charge is -2.09. The molecule has 0 unspecified atom stereocenters. The van der Waals surface area contributed by atoms with Gasteiger partial charge in [0.15, 0.2) is 0 Å². The van der Waals surface area contributed by atoms with Gasteiger partial charge in [0.1, 0.15) is 12.0 Å². The van der Waals surface area contributed by atoms with Gasteiger partial charge in [-0.05, 0) is 23.8 Å². The first-order valence-corrected chi connectivity index (χ1v) is 4.84. The minimum Gasteiger partial charge on any atom is -0.497 e. The Morgan fingerprint density at radius 1 is 1.29 bits per heavy atom. The van der Waals surface area contributed by atoms with Crippen LogP contribution in [-0.4, -0.2) is 13.4 Å². The average molecular weight is 244 g/mol.